The Hall–Kier alpha value is -2.68. The van der Waals surface area contributed by atoms with Gasteiger partial charge in [0.15, 0.2) is 0 Å². The second-order valence-electron chi connectivity index (χ2n) is 13.8. The van der Waals surface area contributed by atoms with Crippen LogP contribution in [0.5, 0.6) is 5.75 Å². The van der Waals surface area contributed by atoms with Gasteiger partial charge in [-0.25, -0.2) is 4.21 Å². The zero-order chi connectivity index (χ0) is 32.5. The first-order valence-electron chi connectivity index (χ1n) is 16.9. The first-order valence-corrected chi connectivity index (χ1v) is 19.2. The van der Waals surface area contributed by atoms with Gasteiger partial charge >= 0.3 is 0 Å². The quantitative estimate of drug-likeness (QED) is 0.309. The second kappa shape index (κ2) is 13.8. The first kappa shape index (κ1) is 33.2. The zero-order valence-corrected chi connectivity index (χ0v) is 28.9. The lowest BCUT2D eigenvalue weighted by atomic mass is 9.70. The van der Waals surface area contributed by atoms with Crippen LogP contribution in [-0.2, 0) is 31.1 Å². The molecule has 2 aromatic carbocycles. The summed E-state index contributed by atoms with van der Waals surface area (Å²) in [6.07, 6.45) is 11.0. The van der Waals surface area contributed by atoms with Crippen LogP contribution in [0.25, 0.3) is 0 Å². The number of aryl methyl sites for hydroxylation is 1. The molecule has 6 rings (SSSR count). The van der Waals surface area contributed by atoms with Crippen molar-refractivity contribution in [1.82, 2.24) is 0 Å². The molecule has 1 fully saturated rings. The van der Waals surface area contributed by atoms with Gasteiger partial charge in [0.2, 0.25) is 0 Å². The second-order valence-corrected chi connectivity index (χ2v) is 16.7. The fourth-order valence-corrected chi connectivity index (χ4v) is 9.89. The van der Waals surface area contributed by atoms with Gasteiger partial charge in [0.05, 0.1) is 33.9 Å². The number of Topliss-reactive ketones (excluding diaryl/α,β-unsaturated/α-hetero) is 1. The molecule has 46 heavy (non-hydrogen) atoms. The molecule has 1 spiro atoms. The lowest BCUT2D eigenvalue weighted by Gasteiger charge is -2.42. The van der Waals surface area contributed by atoms with Crippen LogP contribution in [0, 0.1) is 17.8 Å². The summed E-state index contributed by atoms with van der Waals surface area (Å²) in [6.45, 7) is 6.50. The van der Waals surface area contributed by atoms with Gasteiger partial charge in [0.1, 0.15) is 11.5 Å². The number of carbonyl (C=O) groups excluding carboxylic acids is 2. The van der Waals surface area contributed by atoms with Crippen LogP contribution in [0.4, 0.5) is 5.69 Å². The van der Waals surface area contributed by atoms with E-state index >= 15 is 0 Å². The van der Waals surface area contributed by atoms with Gasteiger partial charge in [-0.3, -0.25) is 9.59 Å². The van der Waals surface area contributed by atoms with Crippen molar-refractivity contribution in [3.63, 3.8) is 0 Å². The molecule has 2 aliphatic heterocycles. The standard InChI is InChI=1S/C37H47ClN2O5S/c1-4-26-21-40-23-37(17-8-9-28-19-30(38)14-15-31(28)37)24-45-35-16-13-29(20-32(35)40)36(42)39-46(43,22-33(41)27-11-12-27)18-7-5-6-10-34(44-3)25(26)2/h6,10,13-16,19-20,25-27,34H,4-5,7-9,11-12,17-18,21-24H2,1-3H3/b10-6+/t25-,26+,34+,37+,46-/m1/s1. The monoisotopic (exact) mass is 666 g/mol. The van der Waals surface area contributed by atoms with Crippen LogP contribution < -0.4 is 9.64 Å². The molecule has 0 radical (unpaired) electrons. The Balaban J connectivity index is 1.44. The highest BCUT2D eigenvalue weighted by Gasteiger charge is 2.42. The topological polar surface area (TPSA) is 85.3 Å². The van der Waals surface area contributed by atoms with Gasteiger partial charge in [0, 0.05) is 47.9 Å². The third-order valence-electron chi connectivity index (χ3n) is 10.6. The van der Waals surface area contributed by atoms with E-state index in [-0.39, 0.29) is 40.6 Å². The third-order valence-corrected chi connectivity index (χ3v) is 13.0. The summed E-state index contributed by atoms with van der Waals surface area (Å²) in [5.41, 5.74) is 3.54. The Morgan fingerprint density at radius 2 is 2.02 bits per heavy atom. The number of carbonyl (C=O) groups is 2. The molecule has 2 aliphatic carbocycles. The first-order chi connectivity index (χ1) is 22.1. The molecule has 4 aliphatic rings. The van der Waals surface area contributed by atoms with E-state index in [1.54, 1.807) is 13.2 Å². The summed E-state index contributed by atoms with van der Waals surface area (Å²) in [7, 11) is -1.30. The summed E-state index contributed by atoms with van der Waals surface area (Å²) in [4.78, 5) is 29.0. The minimum Gasteiger partial charge on any atom is -0.490 e. The van der Waals surface area contributed by atoms with Crippen LogP contribution in [0.1, 0.15) is 80.3 Å². The molecule has 2 bridgehead atoms. The predicted octanol–water partition coefficient (Wildman–Crippen LogP) is 7.43. The van der Waals surface area contributed by atoms with Gasteiger partial charge in [0.25, 0.3) is 5.91 Å². The highest BCUT2D eigenvalue weighted by Crippen LogP contribution is 2.45. The molecule has 7 nitrogen and oxygen atoms in total. The maximum atomic E-state index is 14.1. The van der Waals surface area contributed by atoms with Gasteiger partial charge in [-0.1, -0.05) is 50.1 Å². The zero-order valence-electron chi connectivity index (χ0n) is 27.3. The molecular formula is C37H47ClN2O5S. The lowest BCUT2D eigenvalue weighted by molar-refractivity contribution is -0.117. The average Bonchev–Trinajstić information content (AvgIpc) is 3.90. The van der Waals surface area contributed by atoms with E-state index in [9.17, 15) is 13.8 Å². The van der Waals surface area contributed by atoms with Crippen molar-refractivity contribution in [2.75, 3.05) is 43.2 Å². The van der Waals surface area contributed by atoms with E-state index in [1.165, 1.54) is 11.1 Å². The normalized spacial score (nSPS) is 30.9. The number of methoxy groups -OCH3 is 1. The summed E-state index contributed by atoms with van der Waals surface area (Å²) in [5, 5.41) is 0.750. The van der Waals surface area contributed by atoms with Crippen molar-refractivity contribution in [2.45, 2.75) is 76.7 Å². The summed E-state index contributed by atoms with van der Waals surface area (Å²) >= 11 is 6.44. The Labute approximate surface area is 279 Å². The molecule has 0 saturated heterocycles. The molecule has 0 N–H and O–H groups in total. The molecule has 0 unspecified atom stereocenters. The maximum Gasteiger partial charge on any atom is 0.285 e. The van der Waals surface area contributed by atoms with E-state index < -0.39 is 15.6 Å². The largest absolute Gasteiger partial charge is 0.490 e. The van der Waals surface area contributed by atoms with Gasteiger partial charge in [-0.05, 0) is 98.2 Å². The van der Waals surface area contributed by atoms with E-state index in [2.05, 4.69) is 47.4 Å². The van der Waals surface area contributed by atoms with Crippen molar-refractivity contribution in [2.24, 2.45) is 22.1 Å². The number of anilines is 1. The van der Waals surface area contributed by atoms with Crippen LogP contribution in [0.3, 0.4) is 0 Å². The molecule has 2 aromatic rings. The number of amides is 1. The van der Waals surface area contributed by atoms with Crippen molar-refractivity contribution in [1.29, 1.82) is 0 Å². The molecular weight excluding hydrogens is 620 g/mol. The Kier molecular flexibility index (Phi) is 9.98. The predicted molar refractivity (Wildman–Crippen MR) is 185 cm³/mol. The van der Waals surface area contributed by atoms with Crippen molar-refractivity contribution in [3.05, 3.63) is 70.3 Å². The van der Waals surface area contributed by atoms with Gasteiger partial charge in [-0.15, -0.1) is 0 Å². The number of allylic oxidation sites excluding steroid dienone is 1. The molecule has 248 valence electrons. The number of benzene rings is 2. The van der Waals surface area contributed by atoms with E-state index in [4.69, 9.17) is 21.1 Å². The van der Waals surface area contributed by atoms with Crippen molar-refractivity contribution in [3.8, 4) is 5.75 Å². The third kappa shape index (κ3) is 7.09. The van der Waals surface area contributed by atoms with E-state index in [0.717, 1.165) is 68.1 Å². The minimum absolute atomic E-state index is 0.0359. The average molecular weight is 667 g/mol. The van der Waals surface area contributed by atoms with Crippen LogP contribution in [-0.4, -0.2) is 60.3 Å². The van der Waals surface area contributed by atoms with E-state index in [0.29, 0.717) is 30.9 Å². The number of hydrogen-bond acceptors (Lipinski definition) is 6. The minimum atomic E-state index is -3.06. The molecule has 2 heterocycles. The Morgan fingerprint density at radius 3 is 2.78 bits per heavy atom. The van der Waals surface area contributed by atoms with Gasteiger partial charge in [-0.2, -0.15) is 4.36 Å². The number of nitrogens with zero attached hydrogens (tertiary/aromatic N) is 2. The lowest BCUT2D eigenvalue weighted by Crippen LogP contribution is -2.47. The number of ketones is 1. The molecule has 5 atom stereocenters. The van der Waals surface area contributed by atoms with Crippen LogP contribution >= 0.6 is 11.6 Å². The van der Waals surface area contributed by atoms with E-state index in [1.807, 2.05) is 18.2 Å². The molecule has 9 heteroatoms. The number of halogens is 1. The van der Waals surface area contributed by atoms with Crippen LogP contribution in [0.2, 0.25) is 5.02 Å². The van der Waals surface area contributed by atoms with Crippen molar-refractivity contribution < 1.29 is 23.3 Å². The number of fused-ring (bicyclic) bond motifs is 3. The highest BCUT2D eigenvalue weighted by atomic mass is 35.5. The van der Waals surface area contributed by atoms with Crippen molar-refractivity contribution >= 4 is 38.7 Å². The number of ether oxygens (including phenoxy) is 2. The molecule has 1 saturated carbocycles. The Morgan fingerprint density at radius 1 is 1.20 bits per heavy atom. The smallest absolute Gasteiger partial charge is 0.285 e. The number of hydrogen-bond donors (Lipinski definition) is 0. The Bertz CT molecular complexity index is 1630. The fourth-order valence-electron chi connectivity index (χ4n) is 7.69. The van der Waals surface area contributed by atoms with Crippen LogP contribution in [0.15, 0.2) is 52.9 Å². The molecule has 1 amide bonds. The fraction of sp³-hybridized carbons (Fsp3) is 0.568. The van der Waals surface area contributed by atoms with Gasteiger partial charge < -0.3 is 14.4 Å². The summed E-state index contributed by atoms with van der Waals surface area (Å²) in [6, 6.07) is 11.7. The summed E-state index contributed by atoms with van der Waals surface area (Å²) < 4.78 is 31.1. The highest BCUT2D eigenvalue weighted by molar-refractivity contribution is 7.94. The molecule has 0 aromatic heterocycles. The summed E-state index contributed by atoms with van der Waals surface area (Å²) in [5.74, 6) is 0.696. The maximum absolute atomic E-state index is 14.1. The number of rotatable bonds is 5. The SMILES string of the molecule is CC[C@H]1CN2C[C@@]3(CCCc4cc(Cl)ccc43)COc3ccc(cc32)C(=O)N=[S@](=O)(CC(=O)C2CC2)CCC/C=C/[C@H](OC)[C@@H]1C.